The van der Waals surface area contributed by atoms with Gasteiger partial charge in [0.2, 0.25) is 0 Å². The van der Waals surface area contributed by atoms with Gasteiger partial charge in [-0.1, -0.05) is 24.6 Å². The summed E-state index contributed by atoms with van der Waals surface area (Å²) in [5, 5.41) is 12.5. The first kappa shape index (κ1) is 15.5. The van der Waals surface area contributed by atoms with E-state index < -0.39 is 0 Å². The molecular weight excluding hydrogens is 224 g/mol. The van der Waals surface area contributed by atoms with Gasteiger partial charge in [-0.3, -0.25) is 0 Å². The molecule has 0 atom stereocenters. The molecule has 16 heavy (non-hydrogen) atoms. The molecule has 0 aromatic heterocycles. The number of hydrogen-bond acceptors (Lipinski definition) is 3. The maximum Gasteiger partial charge on any atom is 0.0845 e. The fourth-order valence-corrected chi connectivity index (χ4v) is 2.33. The van der Waals surface area contributed by atoms with Crippen LogP contribution in [0.5, 0.6) is 0 Å². The van der Waals surface area contributed by atoms with Crippen molar-refractivity contribution in [3.63, 3.8) is 0 Å². The normalized spacial score (nSPS) is 22.5. The van der Waals surface area contributed by atoms with Crippen LogP contribution in [0.3, 0.4) is 0 Å². The smallest absolute Gasteiger partial charge is 0.0845 e. The van der Waals surface area contributed by atoms with Crippen LogP contribution in [-0.4, -0.2) is 36.5 Å². The van der Waals surface area contributed by atoms with Crippen LogP contribution in [-0.2, 0) is 0 Å². The first-order chi connectivity index (χ1) is 6.85. The van der Waals surface area contributed by atoms with Crippen molar-refractivity contribution < 1.29 is 5.21 Å². The van der Waals surface area contributed by atoms with Crippen LogP contribution in [0.25, 0.3) is 0 Å². The van der Waals surface area contributed by atoms with E-state index in [1.165, 1.54) is 11.1 Å². The van der Waals surface area contributed by atoms with Gasteiger partial charge in [0.05, 0.1) is 5.71 Å². The van der Waals surface area contributed by atoms with E-state index >= 15 is 0 Å². The number of halogens is 1. The van der Waals surface area contributed by atoms with Crippen LogP contribution in [0, 0.1) is 5.41 Å². The number of hydrogen-bond donors (Lipinski definition) is 1. The van der Waals surface area contributed by atoms with Gasteiger partial charge in [-0.05, 0) is 44.8 Å². The summed E-state index contributed by atoms with van der Waals surface area (Å²) in [5.41, 5.74) is 3.65. The number of rotatable bonds is 2. The molecule has 1 rings (SSSR count). The second kappa shape index (κ2) is 5.69. The summed E-state index contributed by atoms with van der Waals surface area (Å²) < 4.78 is 0. The van der Waals surface area contributed by atoms with E-state index in [1.807, 2.05) is 14.1 Å². The minimum absolute atomic E-state index is 0. The molecule has 1 N–H and O–H groups in total. The third kappa shape index (κ3) is 3.80. The van der Waals surface area contributed by atoms with Gasteiger partial charge in [0, 0.05) is 6.54 Å². The molecule has 0 bridgehead atoms. The van der Waals surface area contributed by atoms with Crippen LogP contribution in [0.4, 0.5) is 0 Å². The molecule has 0 saturated heterocycles. The Labute approximate surface area is 105 Å². The van der Waals surface area contributed by atoms with E-state index in [0.717, 1.165) is 25.1 Å². The minimum atomic E-state index is 0. The molecule has 4 heteroatoms. The fraction of sp³-hybridized carbons (Fsp3) is 0.750. The maximum atomic E-state index is 9.06. The van der Waals surface area contributed by atoms with Gasteiger partial charge in [-0.15, -0.1) is 12.4 Å². The van der Waals surface area contributed by atoms with E-state index in [-0.39, 0.29) is 17.8 Å². The molecule has 0 aliphatic heterocycles. The summed E-state index contributed by atoms with van der Waals surface area (Å²) in [6, 6.07) is 0. The Bertz CT molecular complexity index is 306. The molecule has 0 heterocycles. The van der Waals surface area contributed by atoms with Gasteiger partial charge < -0.3 is 10.1 Å². The molecule has 1 aliphatic rings. The molecule has 0 aromatic carbocycles. The Morgan fingerprint density at radius 1 is 1.31 bits per heavy atom. The highest BCUT2D eigenvalue weighted by molar-refractivity contribution is 6.02. The summed E-state index contributed by atoms with van der Waals surface area (Å²) in [6.07, 6.45) is 1.96. The second-order valence-corrected chi connectivity index (χ2v) is 5.56. The van der Waals surface area contributed by atoms with Crippen LogP contribution >= 0.6 is 12.4 Å². The van der Waals surface area contributed by atoms with Crippen molar-refractivity contribution in [2.75, 3.05) is 20.6 Å². The van der Waals surface area contributed by atoms with Gasteiger partial charge in [-0.25, -0.2) is 0 Å². The second-order valence-electron chi connectivity index (χ2n) is 5.56. The SMILES string of the molecule is CC1=C(CN(C)C)/C(=N/O)CC(C)(C)C1.Cl. The Kier molecular flexibility index (Phi) is 5.50. The summed E-state index contributed by atoms with van der Waals surface area (Å²) in [4.78, 5) is 2.11. The van der Waals surface area contributed by atoms with Crippen molar-refractivity contribution in [3.8, 4) is 0 Å². The quantitative estimate of drug-likeness (QED) is 0.601. The maximum absolute atomic E-state index is 9.06. The van der Waals surface area contributed by atoms with Crippen molar-refractivity contribution in [1.82, 2.24) is 4.90 Å². The zero-order valence-electron chi connectivity index (χ0n) is 10.9. The molecule has 0 fully saturated rings. The topological polar surface area (TPSA) is 35.8 Å². The fourth-order valence-electron chi connectivity index (χ4n) is 2.33. The average molecular weight is 247 g/mol. The van der Waals surface area contributed by atoms with Gasteiger partial charge >= 0.3 is 0 Å². The predicted octanol–water partition coefficient (Wildman–Crippen LogP) is 2.94. The van der Waals surface area contributed by atoms with Gasteiger partial charge in [-0.2, -0.15) is 0 Å². The van der Waals surface area contributed by atoms with Crippen molar-refractivity contribution in [3.05, 3.63) is 11.1 Å². The summed E-state index contributed by atoms with van der Waals surface area (Å²) in [7, 11) is 4.07. The lowest BCUT2D eigenvalue weighted by Gasteiger charge is -2.33. The molecule has 0 aromatic rings. The number of oxime groups is 1. The lowest BCUT2D eigenvalue weighted by atomic mass is 9.73. The summed E-state index contributed by atoms with van der Waals surface area (Å²) >= 11 is 0. The molecule has 0 saturated carbocycles. The van der Waals surface area contributed by atoms with E-state index in [1.54, 1.807) is 0 Å². The first-order valence-corrected chi connectivity index (χ1v) is 5.40. The van der Waals surface area contributed by atoms with Crippen molar-refractivity contribution in [2.45, 2.75) is 33.6 Å². The Balaban J connectivity index is 0.00000225. The molecular formula is C12H23ClN2O. The zero-order chi connectivity index (χ0) is 11.6. The predicted molar refractivity (Wildman–Crippen MR) is 70.7 cm³/mol. The average Bonchev–Trinajstić information content (AvgIpc) is 2.08. The molecule has 0 unspecified atom stereocenters. The lowest BCUT2D eigenvalue weighted by Crippen LogP contribution is -2.30. The third-order valence-electron chi connectivity index (χ3n) is 2.85. The largest absolute Gasteiger partial charge is 0.411 e. The lowest BCUT2D eigenvalue weighted by molar-refractivity contribution is 0.304. The molecule has 0 amide bonds. The summed E-state index contributed by atoms with van der Waals surface area (Å²) in [5.74, 6) is 0. The third-order valence-corrected chi connectivity index (χ3v) is 2.85. The molecule has 1 aliphatic carbocycles. The highest BCUT2D eigenvalue weighted by Crippen LogP contribution is 2.37. The molecule has 94 valence electrons. The number of likely N-dealkylation sites (N-methyl/N-ethyl adjacent to an activating group) is 1. The van der Waals surface area contributed by atoms with E-state index in [0.29, 0.717) is 0 Å². The van der Waals surface area contributed by atoms with E-state index in [9.17, 15) is 0 Å². The standard InChI is InChI=1S/C12H22N2O.ClH/c1-9-6-12(2,3)7-11(13-15)10(9)8-14(4)5;/h15H,6-8H2,1-5H3;1H/b13-11+;. The van der Waals surface area contributed by atoms with E-state index in [2.05, 4.69) is 30.8 Å². The summed E-state index contributed by atoms with van der Waals surface area (Å²) in [6.45, 7) is 7.44. The monoisotopic (exact) mass is 246 g/mol. The highest BCUT2D eigenvalue weighted by Gasteiger charge is 2.30. The van der Waals surface area contributed by atoms with Gasteiger partial charge in [0.25, 0.3) is 0 Å². The van der Waals surface area contributed by atoms with E-state index in [4.69, 9.17) is 5.21 Å². The van der Waals surface area contributed by atoms with Crippen LogP contribution in [0.15, 0.2) is 16.3 Å². The highest BCUT2D eigenvalue weighted by atomic mass is 35.5. The van der Waals surface area contributed by atoms with Crippen LogP contribution in [0.2, 0.25) is 0 Å². The van der Waals surface area contributed by atoms with Gasteiger partial charge in [0.15, 0.2) is 0 Å². The Morgan fingerprint density at radius 3 is 2.31 bits per heavy atom. The van der Waals surface area contributed by atoms with Crippen LogP contribution in [0.1, 0.15) is 33.6 Å². The molecule has 0 radical (unpaired) electrons. The number of allylic oxidation sites excluding steroid dienone is 1. The first-order valence-electron chi connectivity index (χ1n) is 5.40. The Morgan fingerprint density at radius 2 is 1.88 bits per heavy atom. The molecule has 3 nitrogen and oxygen atoms in total. The zero-order valence-corrected chi connectivity index (χ0v) is 11.7. The van der Waals surface area contributed by atoms with Crippen LogP contribution < -0.4 is 0 Å². The van der Waals surface area contributed by atoms with Gasteiger partial charge in [0.1, 0.15) is 0 Å². The van der Waals surface area contributed by atoms with Crippen molar-refractivity contribution >= 4 is 18.1 Å². The van der Waals surface area contributed by atoms with Crippen molar-refractivity contribution in [2.24, 2.45) is 10.6 Å². The van der Waals surface area contributed by atoms with Crippen molar-refractivity contribution in [1.29, 1.82) is 0 Å². The number of nitrogens with zero attached hydrogens (tertiary/aromatic N) is 2. The molecule has 0 spiro atoms. The minimum Gasteiger partial charge on any atom is -0.411 e. The Hall–Kier alpha value is -0.540.